The van der Waals surface area contributed by atoms with Gasteiger partial charge in [-0.1, -0.05) is 38.4 Å². The molecular formula is C13H13BrClN. The predicted molar refractivity (Wildman–Crippen MR) is 73.2 cm³/mol. The Balaban J connectivity index is 2.85. The number of fused-ring (bicyclic) bond motifs is 1. The Morgan fingerprint density at radius 2 is 1.94 bits per heavy atom. The Bertz CT molecular complexity index is 543. The largest absolute Gasteiger partial charge is 0.255 e. The first-order chi connectivity index (χ1) is 7.39. The van der Waals surface area contributed by atoms with Crippen LogP contribution in [0, 0.1) is 0 Å². The van der Waals surface area contributed by atoms with Gasteiger partial charge in [0.25, 0.3) is 0 Å². The third-order valence-corrected chi connectivity index (χ3v) is 3.37. The second-order valence-electron chi connectivity index (χ2n) is 4.89. The van der Waals surface area contributed by atoms with Crippen molar-refractivity contribution >= 4 is 38.4 Å². The SMILES string of the molecule is CC(C)(C)c1c(Br)cnc2cc(Cl)ccc12. The second-order valence-corrected chi connectivity index (χ2v) is 6.18. The van der Waals surface area contributed by atoms with Crippen LogP contribution >= 0.6 is 27.5 Å². The molecule has 1 nitrogen and oxygen atoms in total. The van der Waals surface area contributed by atoms with E-state index in [1.165, 1.54) is 5.56 Å². The van der Waals surface area contributed by atoms with Crippen LogP contribution in [0.2, 0.25) is 5.02 Å². The zero-order chi connectivity index (χ0) is 11.9. The Morgan fingerprint density at radius 1 is 1.25 bits per heavy atom. The monoisotopic (exact) mass is 297 g/mol. The van der Waals surface area contributed by atoms with E-state index in [0.717, 1.165) is 20.4 Å². The van der Waals surface area contributed by atoms with E-state index in [9.17, 15) is 0 Å². The first kappa shape index (κ1) is 11.9. The highest BCUT2D eigenvalue weighted by atomic mass is 79.9. The molecule has 0 aliphatic rings. The van der Waals surface area contributed by atoms with E-state index < -0.39 is 0 Å². The fourth-order valence-electron chi connectivity index (χ4n) is 1.90. The van der Waals surface area contributed by atoms with Crippen molar-refractivity contribution in [3.8, 4) is 0 Å². The molecule has 84 valence electrons. The summed E-state index contributed by atoms with van der Waals surface area (Å²) in [7, 11) is 0. The number of halogens is 2. The third-order valence-electron chi connectivity index (χ3n) is 2.53. The van der Waals surface area contributed by atoms with Gasteiger partial charge in [-0.2, -0.15) is 0 Å². The molecule has 2 aromatic rings. The highest BCUT2D eigenvalue weighted by Gasteiger charge is 2.20. The van der Waals surface area contributed by atoms with Crippen LogP contribution in [0.5, 0.6) is 0 Å². The summed E-state index contributed by atoms with van der Waals surface area (Å²) in [5.41, 5.74) is 2.29. The number of benzene rings is 1. The fraction of sp³-hybridized carbons (Fsp3) is 0.308. The van der Waals surface area contributed by atoms with Gasteiger partial charge in [-0.25, -0.2) is 0 Å². The quantitative estimate of drug-likeness (QED) is 0.670. The van der Waals surface area contributed by atoms with Crippen molar-refractivity contribution in [2.45, 2.75) is 26.2 Å². The normalized spacial score (nSPS) is 12.1. The molecule has 0 spiro atoms. The minimum absolute atomic E-state index is 0.0772. The van der Waals surface area contributed by atoms with E-state index in [2.05, 4.69) is 41.7 Å². The van der Waals surface area contributed by atoms with Crippen molar-refractivity contribution in [3.63, 3.8) is 0 Å². The molecular weight excluding hydrogens is 286 g/mol. The maximum atomic E-state index is 5.97. The molecule has 0 atom stereocenters. The van der Waals surface area contributed by atoms with Crippen LogP contribution in [0.15, 0.2) is 28.9 Å². The second kappa shape index (κ2) is 4.01. The molecule has 1 aromatic heterocycles. The van der Waals surface area contributed by atoms with Crippen LogP contribution in [0.25, 0.3) is 10.9 Å². The van der Waals surface area contributed by atoms with E-state index in [4.69, 9.17) is 11.6 Å². The summed E-state index contributed by atoms with van der Waals surface area (Å²) in [5.74, 6) is 0. The molecule has 0 N–H and O–H groups in total. The standard InChI is InChI=1S/C13H13BrClN/c1-13(2,3)12-9-5-4-8(15)6-11(9)16-7-10(12)14/h4-7H,1-3H3. The van der Waals surface area contributed by atoms with Gasteiger partial charge in [0.15, 0.2) is 0 Å². The molecule has 0 saturated heterocycles. The number of hydrogen-bond donors (Lipinski definition) is 0. The van der Waals surface area contributed by atoms with Crippen molar-refractivity contribution in [2.75, 3.05) is 0 Å². The van der Waals surface area contributed by atoms with E-state index >= 15 is 0 Å². The van der Waals surface area contributed by atoms with Gasteiger partial charge >= 0.3 is 0 Å². The van der Waals surface area contributed by atoms with Crippen molar-refractivity contribution in [2.24, 2.45) is 0 Å². The molecule has 0 aliphatic heterocycles. The molecule has 0 saturated carbocycles. The summed E-state index contributed by atoms with van der Waals surface area (Å²) < 4.78 is 1.05. The van der Waals surface area contributed by atoms with Crippen LogP contribution in [-0.4, -0.2) is 4.98 Å². The number of hydrogen-bond acceptors (Lipinski definition) is 1. The molecule has 1 heterocycles. The van der Waals surface area contributed by atoms with Crippen molar-refractivity contribution < 1.29 is 0 Å². The molecule has 16 heavy (non-hydrogen) atoms. The molecule has 0 fully saturated rings. The Morgan fingerprint density at radius 3 is 2.56 bits per heavy atom. The smallest absolute Gasteiger partial charge is 0.0720 e. The molecule has 0 amide bonds. The zero-order valence-electron chi connectivity index (χ0n) is 9.51. The zero-order valence-corrected chi connectivity index (χ0v) is 11.9. The maximum Gasteiger partial charge on any atom is 0.0720 e. The molecule has 0 bridgehead atoms. The number of rotatable bonds is 0. The van der Waals surface area contributed by atoms with Gasteiger partial charge < -0.3 is 0 Å². The Labute approximate surface area is 109 Å². The minimum atomic E-state index is 0.0772. The minimum Gasteiger partial charge on any atom is -0.255 e. The van der Waals surface area contributed by atoms with E-state index in [0.29, 0.717) is 0 Å². The lowest BCUT2D eigenvalue weighted by atomic mass is 9.85. The van der Waals surface area contributed by atoms with Crippen molar-refractivity contribution in [1.29, 1.82) is 0 Å². The Kier molecular flexibility index (Phi) is 2.97. The lowest BCUT2D eigenvalue weighted by molar-refractivity contribution is 0.592. The van der Waals surface area contributed by atoms with Crippen LogP contribution in [0.4, 0.5) is 0 Å². The van der Waals surface area contributed by atoms with Gasteiger partial charge in [0.05, 0.1) is 5.52 Å². The van der Waals surface area contributed by atoms with Crippen LogP contribution in [0.1, 0.15) is 26.3 Å². The molecule has 0 aliphatic carbocycles. The lowest BCUT2D eigenvalue weighted by Gasteiger charge is -2.22. The summed E-state index contributed by atoms with van der Waals surface area (Å²) in [6.45, 7) is 6.59. The first-order valence-electron chi connectivity index (χ1n) is 5.14. The van der Waals surface area contributed by atoms with Crippen LogP contribution < -0.4 is 0 Å². The van der Waals surface area contributed by atoms with Crippen LogP contribution in [0.3, 0.4) is 0 Å². The molecule has 0 radical (unpaired) electrons. The number of aromatic nitrogens is 1. The van der Waals surface area contributed by atoms with Gasteiger partial charge in [-0.05, 0) is 39.0 Å². The van der Waals surface area contributed by atoms with Gasteiger partial charge in [0.2, 0.25) is 0 Å². The average Bonchev–Trinajstić information content (AvgIpc) is 2.16. The fourth-order valence-corrected chi connectivity index (χ4v) is 2.98. The lowest BCUT2D eigenvalue weighted by Crippen LogP contribution is -2.13. The van der Waals surface area contributed by atoms with Crippen molar-refractivity contribution in [3.05, 3.63) is 39.5 Å². The third kappa shape index (κ3) is 2.09. The van der Waals surface area contributed by atoms with E-state index in [1.54, 1.807) is 0 Å². The van der Waals surface area contributed by atoms with Gasteiger partial charge in [0, 0.05) is 21.1 Å². The van der Waals surface area contributed by atoms with E-state index in [1.807, 2.05) is 24.4 Å². The number of nitrogens with zero attached hydrogens (tertiary/aromatic N) is 1. The van der Waals surface area contributed by atoms with Crippen molar-refractivity contribution in [1.82, 2.24) is 4.98 Å². The van der Waals surface area contributed by atoms with Gasteiger partial charge in [-0.3, -0.25) is 4.98 Å². The Hall–Kier alpha value is -0.600. The molecule has 0 unspecified atom stereocenters. The molecule has 2 rings (SSSR count). The number of pyridine rings is 1. The highest BCUT2D eigenvalue weighted by molar-refractivity contribution is 9.10. The average molecular weight is 299 g/mol. The van der Waals surface area contributed by atoms with Crippen LogP contribution in [-0.2, 0) is 5.41 Å². The predicted octanol–water partition coefficient (Wildman–Crippen LogP) is 4.95. The summed E-state index contributed by atoms with van der Waals surface area (Å²) in [4.78, 5) is 4.38. The summed E-state index contributed by atoms with van der Waals surface area (Å²) in [5, 5.41) is 1.88. The van der Waals surface area contributed by atoms with E-state index in [-0.39, 0.29) is 5.41 Å². The maximum absolute atomic E-state index is 5.97. The first-order valence-corrected chi connectivity index (χ1v) is 6.31. The molecule has 3 heteroatoms. The van der Waals surface area contributed by atoms with Gasteiger partial charge in [-0.15, -0.1) is 0 Å². The van der Waals surface area contributed by atoms with Gasteiger partial charge in [0.1, 0.15) is 0 Å². The molecule has 1 aromatic carbocycles. The summed E-state index contributed by atoms with van der Waals surface area (Å²) >= 11 is 9.55. The summed E-state index contributed by atoms with van der Waals surface area (Å²) in [6, 6.07) is 5.85. The highest BCUT2D eigenvalue weighted by Crippen LogP contribution is 2.35. The topological polar surface area (TPSA) is 12.9 Å². The summed E-state index contributed by atoms with van der Waals surface area (Å²) in [6.07, 6.45) is 1.85.